The molecule has 1 atom stereocenters. The van der Waals surface area contributed by atoms with Gasteiger partial charge in [-0.2, -0.15) is 10.2 Å². The largest absolute Gasteiger partial charge is 0.304 e. The van der Waals surface area contributed by atoms with E-state index in [0.29, 0.717) is 6.04 Å². The van der Waals surface area contributed by atoms with E-state index in [4.69, 9.17) is 11.6 Å². The van der Waals surface area contributed by atoms with Crippen molar-refractivity contribution in [2.24, 2.45) is 5.92 Å². The zero-order valence-electron chi connectivity index (χ0n) is 10.6. The molecular weight excluding hydrogens is 258 g/mol. The van der Waals surface area contributed by atoms with Gasteiger partial charge in [-0.1, -0.05) is 23.7 Å². The van der Waals surface area contributed by atoms with Crippen LogP contribution in [0.25, 0.3) is 0 Å². The van der Waals surface area contributed by atoms with Crippen molar-refractivity contribution in [3.05, 3.63) is 58.9 Å². The molecule has 1 saturated carbocycles. The third kappa shape index (κ3) is 3.31. The van der Waals surface area contributed by atoms with Crippen LogP contribution in [-0.4, -0.2) is 10.2 Å². The van der Waals surface area contributed by atoms with Crippen LogP contribution in [0, 0.1) is 5.92 Å². The molecule has 0 aliphatic heterocycles. The predicted octanol–water partition coefficient (Wildman–Crippen LogP) is 3.37. The first kappa shape index (κ1) is 12.6. The molecule has 0 radical (unpaired) electrons. The Kier molecular flexibility index (Phi) is 3.76. The summed E-state index contributed by atoms with van der Waals surface area (Å²) in [7, 11) is 0. The lowest BCUT2D eigenvalue weighted by Gasteiger charge is -2.18. The third-order valence-electron chi connectivity index (χ3n) is 3.45. The molecule has 3 rings (SSSR count). The van der Waals surface area contributed by atoms with Gasteiger partial charge in [0.15, 0.2) is 0 Å². The second-order valence-electron chi connectivity index (χ2n) is 4.96. The van der Waals surface area contributed by atoms with Crippen molar-refractivity contribution >= 4 is 11.6 Å². The summed E-state index contributed by atoms with van der Waals surface area (Å²) in [5.74, 6) is 0.734. The maximum absolute atomic E-state index is 5.95. The van der Waals surface area contributed by atoms with Crippen LogP contribution in [0.2, 0.25) is 5.02 Å². The molecule has 0 spiro atoms. The van der Waals surface area contributed by atoms with Gasteiger partial charge in [0.25, 0.3) is 0 Å². The minimum Gasteiger partial charge on any atom is -0.304 e. The molecule has 98 valence electrons. The maximum atomic E-state index is 5.95. The van der Waals surface area contributed by atoms with E-state index in [1.807, 2.05) is 24.3 Å². The Morgan fingerprint density at radius 3 is 2.63 bits per heavy atom. The Labute approximate surface area is 118 Å². The number of nitrogens with one attached hydrogen (secondary N) is 1. The first-order valence-electron chi connectivity index (χ1n) is 6.58. The number of halogens is 1. The van der Waals surface area contributed by atoms with E-state index < -0.39 is 0 Å². The summed E-state index contributed by atoms with van der Waals surface area (Å²) in [4.78, 5) is 0. The molecular formula is C15H16ClN3. The standard InChI is InChI=1S/C15H16ClN3/c16-13-7-5-12(6-8-13)15(11-3-4-11)17-10-14-2-1-9-18-19-14/h1-2,5-9,11,15,17H,3-4,10H2. The molecule has 1 heterocycles. The average Bonchev–Trinajstić information content (AvgIpc) is 3.27. The van der Waals surface area contributed by atoms with E-state index in [1.54, 1.807) is 6.20 Å². The van der Waals surface area contributed by atoms with Gasteiger partial charge in [-0.25, -0.2) is 0 Å². The van der Waals surface area contributed by atoms with Crippen LogP contribution in [0.4, 0.5) is 0 Å². The van der Waals surface area contributed by atoms with Gasteiger partial charge >= 0.3 is 0 Å². The fourth-order valence-electron chi connectivity index (χ4n) is 2.30. The van der Waals surface area contributed by atoms with Crippen molar-refractivity contribution in [1.82, 2.24) is 15.5 Å². The normalized spacial score (nSPS) is 16.3. The quantitative estimate of drug-likeness (QED) is 0.908. The van der Waals surface area contributed by atoms with Crippen molar-refractivity contribution in [3.63, 3.8) is 0 Å². The minimum absolute atomic E-state index is 0.388. The summed E-state index contributed by atoms with van der Waals surface area (Å²) < 4.78 is 0. The first-order valence-corrected chi connectivity index (χ1v) is 6.96. The number of hydrogen-bond acceptors (Lipinski definition) is 3. The lowest BCUT2D eigenvalue weighted by atomic mass is 10.0. The van der Waals surface area contributed by atoms with Crippen molar-refractivity contribution in [2.75, 3.05) is 0 Å². The van der Waals surface area contributed by atoms with E-state index in [9.17, 15) is 0 Å². The summed E-state index contributed by atoms with van der Waals surface area (Å²) in [6.07, 6.45) is 4.28. The molecule has 3 nitrogen and oxygen atoms in total. The van der Waals surface area contributed by atoms with Gasteiger partial charge in [-0.05, 0) is 48.6 Å². The Hall–Kier alpha value is -1.45. The smallest absolute Gasteiger partial charge is 0.0769 e. The maximum Gasteiger partial charge on any atom is 0.0769 e. The number of hydrogen-bond donors (Lipinski definition) is 1. The van der Waals surface area contributed by atoms with Crippen molar-refractivity contribution in [1.29, 1.82) is 0 Å². The minimum atomic E-state index is 0.388. The first-order chi connectivity index (χ1) is 9.33. The van der Waals surface area contributed by atoms with Gasteiger partial charge in [0.05, 0.1) is 5.69 Å². The molecule has 2 aromatic rings. The molecule has 4 heteroatoms. The summed E-state index contributed by atoms with van der Waals surface area (Å²) >= 11 is 5.95. The molecule has 1 aromatic carbocycles. The summed E-state index contributed by atoms with van der Waals surface area (Å²) in [6.45, 7) is 0.748. The Morgan fingerprint density at radius 2 is 2.00 bits per heavy atom. The molecule has 0 saturated heterocycles. The SMILES string of the molecule is Clc1ccc(C(NCc2cccnn2)C2CC2)cc1. The molecule has 1 aromatic heterocycles. The van der Waals surface area contributed by atoms with E-state index >= 15 is 0 Å². The topological polar surface area (TPSA) is 37.8 Å². The molecule has 19 heavy (non-hydrogen) atoms. The van der Waals surface area contributed by atoms with Crippen LogP contribution < -0.4 is 5.32 Å². The van der Waals surface area contributed by atoms with Crippen LogP contribution in [0.3, 0.4) is 0 Å². The van der Waals surface area contributed by atoms with Crippen LogP contribution in [0.5, 0.6) is 0 Å². The highest BCUT2D eigenvalue weighted by atomic mass is 35.5. The molecule has 0 bridgehead atoms. The zero-order chi connectivity index (χ0) is 13.1. The lowest BCUT2D eigenvalue weighted by Crippen LogP contribution is -2.23. The second kappa shape index (κ2) is 5.68. The molecule has 1 N–H and O–H groups in total. The lowest BCUT2D eigenvalue weighted by molar-refractivity contribution is 0.475. The fraction of sp³-hybridized carbons (Fsp3) is 0.333. The number of rotatable bonds is 5. The van der Waals surface area contributed by atoms with Crippen LogP contribution in [0.1, 0.15) is 30.1 Å². The molecule has 1 aliphatic carbocycles. The number of aromatic nitrogens is 2. The van der Waals surface area contributed by atoms with Gasteiger partial charge < -0.3 is 5.32 Å². The predicted molar refractivity (Wildman–Crippen MR) is 75.8 cm³/mol. The van der Waals surface area contributed by atoms with Gasteiger partial charge in [0.1, 0.15) is 0 Å². The summed E-state index contributed by atoms with van der Waals surface area (Å²) in [5, 5.41) is 12.4. The van der Waals surface area contributed by atoms with E-state index in [1.165, 1.54) is 18.4 Å². The number of benzene rings is 1. The Balaban J connectivity index is 1.69. The van der Waals surface area contributed by atoms with Gasteiger partial charge in [-0.15, -0.1) is 0 Å². The third-order valence-corrected chi connectivity index (χ3v) is 3.71. The van der Waals surface area contributed by atoms with Gasteiger partial charge in [0, 0.05) is 23.8 Å². The zero-order valence-corrected chi connectivity index (χ0v) is 11.3. The Bertz CT molecular complexity index is 523. The molecule has 1 unspecified atom stereocenters. The van der Waals surface area contributed by atoms with Crippen molar-refractivity contribution in [3.8, 4) is 0 Å². The summed E-state index contributed by atoms with van der Waals surface area (Å²) in [6, 6.07) is 12.4. The molecule has 1 aliphatic rings. The van der Waals surface area contributed by atoms with E-state index in [-0.39, 0.29) is 0 Å². The van der Waals surface area contributed by atoms with Gasteiger partial charge in [0.2, 0.25) is 0 Å². The van der Waals surface area contributed by atoms with E-state index in [0.717, 1.165) is 23.2 Å². The Morgan fingerprint density at radius 1 is 1.21 bits per heavy atom. The average molecular weight is 274 g/mol. The molecule has 1 fully saturated rings. The highest BCUT2D eigenvalue weighted by molar-refractivity contribution is 6.30. The second-order valence-corrected chi connectivity index (χ2v) is 5.40. The molecule has 0 amide bonds. The summed E-state index contributed by atoms with van der Waals surface area (Å²) in [5.41, 5.74) is 2.28. The van der Waals surface area contributed by atoms with E-state index in [2.05, 4.69) is 27.6 Å². The van der Waals surface area contributed by atoms with Crippen LogP contribution in [-0.2, 0) is 6.54 Å². The monoisotopic (exact) mass is 273 g/mol. The van der Waals surface area contributed by atoms with Crippen molar-refractivity contribution in [2.45, 2.75) is 25.4 Å². The van der Waals surface area contributed by atoms with Crippen LogP contribution in [0.15, 0.2) is 42.6 Å². The number of nitrogens with zero attached hydrogens (tertiary/aromatic N) is 2. The van der Waals surface area contributed by atoms with Crippen LogP contribution >= 0.6 is 11.6 Å². The highest BCUT2D eigenvalue weighted by Gasteiger charge is 2.31. The van der Waals surface area contributed by atoms with Gasteiger partial charge in [-0.3, -0.25) is 0 Å². The fourth-order valence-corrected chi connectivity index (χ4v) is 2.42. The van der Waals surface area contributed by atoms with Crippen molar-refractivity contribution < 1.29 is 0 Å². The highest BCUT2D eigenvalue weighted by Crippen LogP contribution is 2.41.